The largest absolute Gasteiger partial charge is 0.385 e. The Kier molecular flexibility index (Phi) is 9.01. The first-order valence-electron chi connectivity index (χ1n) is 7.35. The fourth-order valence-electron chi connectivity index (χ4n) is 1.84. The van der Waals surface area contributed by atoms with E-state index in [1.165, 1.54) is 0 Å². The molecule has 1 heterocycles. The first-order valence-corrected chi connectivity index (χ1v) is 8.15. The molecule has 6 heteroatoms. The highest BCUT2D eigenvalue weighted by atomic mass is 79.9. The number of unbranched alkanes of at least 4 members (excludes halogenated alkanes) is 2. The normalized spacial score (nSPS) is 10.4. The molecule has 21 heavy (non-hydrogen) atoms. The lowest BCUT2D eigenvalue weighted by molar-refractivity contribution is 0.0953. The Hall–Kier alpha value is -1.14. The van der Waals surface area contributed by atoms with Gasteiger partial charge in [0.1, 0.15) is 5.82 Å². The maximum atomic E-state index is 12.2. The predicted octanol–water partition coefficient (Wildman–Crippen LogP) is 3.21. The average molecular weight is 358 g/mol. The van der Waals surface area contributed by atoms with Crippen LogP contribution in [0.2, 0.25) is 0 Å². The summed E-state index contributed by atoms with van der Waals surface area (Å²) < 4.78 is 5.80. The minimum Gasteiger partial charge on any atom is -0.385 e. The number of hydrogen-bond donors (Lipinski definition) is 2. The number of ether oxygens (including phenoxy) is 1. The van der Waals surface area contributed by atoms with Gasteiger partial charge in [-0.1, -0.05) is 6.92 Å². The maximum absolute atomic E-state index is 12.2. The van der Waals surface area contributed by atoms with E-state index in [2.05, 4.69) is 38.5 Å². The highest BCUT2D eigenvalue weighted by Crippen LogP contribution is 2.18. The third-order valence-electron chi connectivity index (χ3n) is 2.95. The number of carbonyl (C=O) groups excluding carboxylic acids is 1. The zero-order chi connectivity index (χ0) is 15.5. The number of aromatic nitrogens is 1. The molecule has 0 saturated carbocycles. The number of nitrogens with one attached hydrogen (secondary N) is 2. The molecule has 118 valence electrons. The van der Waals surface area contributed by atoms with Gasteiger partial charge in [0.15, 0.2) is 0 Å². The highest BCUT2D eigenvalue weighted by Gasteiger charge is 2.12. The van der Waals surface area contributed by atoms with Gasteiger partial charge < -0.3 is 15.4 Å². The molecule has 1 rings (SSSR count). The number of anilines is 1. The number of pyridine rings is 1. The van der Waals surface area contributed by atoms with Crippen molar-refractivity contribution >= 4 is 27.7 Å². The number of amides is 1. The first-order chi connectivity index (χ1) is 10.2. The molecule has 5 nitrogen and oxygen atoms in total. The van der Waals surface area contributed by atoms with Crippen molar-refractivity contribution in [3.63, 3.8) is 0 Å². The van der Waals surface area contributed by atoms with Gasteiger partial charge in [0, 0.05) is 37.5 Å². The van der Waals surface area contributed by atoms with Crippen LogP contribution >= 0.6 is 15.9 Å². The van der Waals surface area contributed by atoms with E-state index in [9.17, 15) is 4.79 Å². The van der Waals surface area contributed by atoms with Gasteiger partial charge in [0.25, 0.3) is 5.91 Å². The van der Waals surface area contributed by atoms with Crippen LogP contribution in [0.3, 0.4) is 0 Å². The van der Waals surface area contributed by atoms with Gasteiger partial charge in [0.05, 0.1) is 5.56 Å². The second kappa shape index (κ2) is 10.6. The molecule has 0 unspecified atom stereocenters. The molecule has 0 saturated heterocycles. The third kappa shape index (κ3) is 6.91. The zero-order valence-corrected chi connectivity index (χ0v) is 14.3. The second-order valence-corrected chi connectivity index (χ2v) is 5.70. The van der Waals surface area contributed by atoms with Gasteiger partial charge in [-0.25, -0.2) is 4.98 Å². The summed E-state index contributed by atoms with van der Waals surface area (Å²) in [6, 6.07) is 1.80. The summed E-state index contributed by atoms with van der Waals surface area (Å²) in [5, 5.41) is 6.12. The number of carbonyl (C=O) groups is 1. The Morgan fingerprint density at radius 3 is 2.86 bits per heavy atom. The molecular formula is C15H24BrN3O2. The van der Waals surface area contributed by atoms with Crippen LogP contribution in [0.25, 0.3) is 0 Å². The van der Waals surface area contributed by atoms with Gasteiger partial charge in [-0.15, -0.1) is 0 Å². The van der Waals surface area contributed by atoms with Gasteiger partial charge >= 0.3 is 0 Å². The summed E-state index contributed by atoms with van der Waals surface area (Å²) in [6.45, 7) is 4.31. The molecule has 1 aromatic rings. The quantitative estimate of drug-likeness (QED) is 0.631. The first kappa shape index (κ1) is 17.9. The van der Waals surface area contributed by atoms with Crippen LogP contribution < -0.4 is 10.6 Å². The lowest BCUT2D eigenvalue weighted by atomic mass is 10.2. The molecule has 0 spiro atoms. The Morgan fingerprint density at radius 2 is 2.14 bits per heavy atom. The summed E-state index contributed by atoms with van der Waals surface area (Å²) in [4.78, 5) is 16.5. The van der Waals surface area contributed by atoms with Crippen molar-refractivity contribution in [1.29, 1.82) is 0 Å². The van der Waals surface area contributed by atoms with Crippen LogP contribution in [-0.4, -0.2) is 37.7 Å². The third-order valence-corrected chi connectivity index (χ3v) is 3.39. The van der Waals surface area contributed by atoms with Crippen LogP contribution in [-0.2, 0) is 4.74 Å². The van der Waals surface area contributed by atoms with E-state index < -0.39 is 0 Å². The van der Waals surface area contributed by atoms with E-state index >= 15 is 0 Å². The standard InChI is InChI=1S/C15H24BrN3O2/c1-3-7-17-14-13(10-12(16)11-19-14)15(20)18-8-5-4-6-9-21-2/h10-11H,3-9H2,1-2H3,(H,17,19)(H,18,20). The minimum atomic E-state index is -0.0888. The summed E-state index contributed by atoms with van der Waals surface area (Å²) in [5.41, 5.74) is 0.578. The van der Waals surface area contributed by atoms with E-state index in [1.54, 1.807) is 19.4 Å². The smallest absolute Gasteiger partial charge is 0.255 e. The SMILES string of the molecule is CCCNc1ncc(Br)cc1C(=O)NCCCCCOC. The maximum Gasteiger partial charge on any atom is 0.255 e. The monoisotopic (exact) mass is 357 g/mol. The second-order valence-electron chi connectivity index (χ2n) is 4.79. The Balaban J connectivity index is 2.50. The molecule has 0 aromatic carbocycles. The fraction of sp³-hybridized carbons (Fsp3) is 0.600. The minimum absolute atomic E-state index is 0.0888. The van der Waals surface area contributed by atoms with Crippen LogP contribution in [0, 0.1) is 0 Å². The molecule has 0 bridgehead atoms. The van der Waals surface area contributed by atoms with Crippen molar-refractivity contribution in [1.82, 2.24) is 10.3 Å². The average Bonchev–Trinajstić information content (AvgIpc) is 2.49. The van der Waals surface area contributed by atoms with E-state index in [0.717, 1.165) is 43.3 Å². The van der Waals surface area contributed by atoms with Crippen molar-refractivity contribution in [2.45, 2.75) is 32.6 Å². The van der Waals surface area contributed by atoms with Gasteiger partial charge in [-0.2, -0.15) is 0 Å². The highest BCUT2D eigenvalue weighted by molar-refractivity contribution is 9.10. The van der Waals surface area contributed by atoms with Gasteiger partial charge in [-0.3, -0.25) is 4.79 Å². The predicted molar refractivity (Wildman–Crippen MR) is 88.8 cm³/mol. The Morgan fingerprint density at radius 1 is 1.33 bits per heavy atom. The van der Waals surface area contributed by atoms with Crippen LogP contribution in [0.15, 0.2) is 16.7 Å². The number of hydrogen-bond acceptors (Lipinski definition) is 4. The van der Waals surface area contributed by atoms with Crippen molar-refractivity contribution in [2.24, 2.45) is 0 Å². The van der Waals surface area contributed by atoms with Gasteiger partial charge in [0.2, 0.25) is 0 Å². The van der Waals surface area contributed by atoms with Crippen molar-refractivity contribution in [3.05, 3.63) is 22.3 Å². The van der Waals surface area contributed by atoms with Crippen molar-refractivity contribution in [2.75, 3.05) is 32.1 Å². The molecule has 0 atom stereocenters. The van der Waals surface area contributed by atoms with E-state index in [4.69, 9.17) is 4.74 Å². The van der Waals surface area contributed by atoms with E-state index in [0.29, 0.717) is 17.9 Å². The molecule has 1 aromatic heterocycles. The number of nitrogens with zero attached hydrogens (tertiary/aromatic N) is 1. The Bertz CT molecular complexity index is 441. The lowest BCUT2D eigenvalue weighted by Gasteiger charge is -2.11. The van der Waals surface area contributed by atoms with Crippen molar-refractivity contribution in [3.8, 4) is 0 Å². The molecule has 2 N–H and O–H groups in total. The van der Waals surface area contributed by atoms with E-state index in [-0.39, 0.29) is 5.91 Å². The van der Waals surface area contributed by atoms with Crippen LogP contribution in [0.1, 0.15) is 43.0 Å². The van der Waals surface area contributed by atoms with Crippen LogP contribution in [0.5, 0.6) is 0 Å². The fourth-order valence-corrected chi connectivity index (χ4v) is 2.17. The number of methoxy groups -OCH3 is 1. The van der Waals surface area contributed by atoms with E-state index in [1.807, 2.05) is 0 Å². The van der Waals surface area contributed by atoms with Crippen molar-refractivity contribution < 1.29 is 9.53 Å². The topological polar surface area (TPSA) is 63.2 Å². The number of rotatable bonds is 10. The molecule has 1 amide bonds. The Labute approximate surface area is 135 Å². The summed E-state index contributed by atoms with van der Waals surface area (Å²) in [6.07, 6.45) is 5.70. The molecule has 0 aliphatic carbocycles. The summed E-state index contributed by atoms with van der Waals surface area (Å²) in [5.74, 6) is 0.547. The molecule has 0 fully saturated rings. The number of halogens is 1. The van der Waals surface area contributed by atoms with Crippen LogP contribution in [0.4, 0.5) is 5.82 Å². The molecule has 0 aliphatic rings. The van der Waals surface area contributed by atoms with Gasteiger partial charge in [-0.05, 0) is 47.7 Å². The molecule has 0 radical (unpaired) electrons. The zero-order valence-electron chi connectivity index (χ0n) is 12.7. The summed E-state index contributed by atoms with van der Waals surface area (Å²) in [7, 11) is 1.70. The molecule has 0 aliphatic heterocycles. The summed E-state index contributed by atoms with van der Waals surface area (Å²) >= 11 is 3.36. The lowest BCUT2D eigenvalue weighted by Crippen LogP contribution is -2.26. The molecular weight excluding hydrogens is 334 g/mol.